The molecule has 2 rings (SSSR count). The number of hydrogen-bond donors (Lipinski definition) is 2. The van der Waals surface area contributed by atoms with E-state index < -0.39 is 0 Å². The quantitative estimate of drug-likeness (QED) is 0.832. The van der Waals surface area contributed by atoms with E-state index in [9.17, 15) is 0 Å². The van der Waals surface area contributed by atoms with E-state index in [-0.39, 0.29) is 0 Å². The van der Waals surface area contributed by atoms with Crippen LogP contribution in [-0.2, 0) is 6.54 Å². The summed E-state index contributed by atoms with van der Waals surface area (Å²) >= 11 is 1.68. The van der Waals surface area contributed by atoms with Gasteiger partial charge in [-0.1, -0.05) is 0 Å². The van der Waals surface area contributed by atoms with Gasteiger partial charge in [0.25, 0.3) is 0 Å². The largest absolute Gasteiger partial charge is 0.304 e. The summed E-state index contributed by atoms with van der Waals surface area (Å²) < 4.78 is 0. The van der Waals surface area contributed by atoms with Gasteiger partial charge in [-0.2, -0.15) is 5.10 Å². The fraction of sp³-hybridized carbons (Fsp3) is 0.400. The van der Waals surface area contributed by atoms with Crippen molar-refractivity contribution in [3.63, 3.8) is 0 Å². The Hall–Kier alpha value is -1.20. The molecule has 0 aromatic carbocycles. The third kappa shape index (κ3) is 2.43. The van der Waals surface area contributed by atoms with E-state index in [2.05, 4.69) is 27.4 Å². The lowest BCUT2D eigenvalue weighted by Crippen LogP contribution is -2.18. The minimum atomic E-state index is 0.291. The molecule has 1 atom stereocenters. The summed E-state index contributed by atoms with van der Waals surface area (Å²) in [6, 6.07) is 0.291. The zero-order chi connectivity index (χ0) is 10.7. The van der Waals surface area contributed by atoms with Crippen molar-refractivity contribution in [2.24, 2.45) is 0 Å². The Morgan fingerprint density at radius 3 is 3.07 bits per heavy atom. The van der Waals surface area contributed by atoms with Crippen LogP contribution in [0.2, 0.25) is 0 Å². The fourth-order valence-electron chi connectivity index (χ4n) is 1.35. The summed E-state index contributed by atoms with van der Waals surface area (Å²) in [6.45, 7) is 4.97. The summed E-state index contributed by atoms with van der Waals surface area (Å²) in [4.78, 5) is 4.27. The molecule has 5 heteroatoms. The van der Waals surface area contributed by atoms with E-state index >= 15 is 0 Å². The third-order valence-electron chi connectivity index (χ3n) is 2.35. The summed E-state index contributed by atoms with van der Waals surface area (Å²) in [5.41, 5.74) is 2.33. The molecular weight excluding hydrogens is 208 g/mol. The second-order valence-electron chi connectivity index (χ2n) is 3.49. The van der Waals surface area contributed by atoms with E-state index in [4.69, 9.17) is 0 Å². The molecule has 0 radical (unpaired) electrons. The van der Waals surface area contributed by atoms with Gasteiger partial charge >= 0.3 is 0 Å². The lowest BCUT2D eigenvalue weighted by atomic mass is 10.2. The maximum absolute atomic E-state index is 4.27. The minimum Gasteiger partial charge on any atom is -0.304 e. The Labute approximate surface area is 92.8 Å². The molecule has 0 spiro atoms. The highest BCUT2D eigenvalue weighted by Crippen LogP contribution is 2.15. The highest BCUT2D eigenvalue weighted by atomic mass is 32.1. The second kappa shape index (κ2) is 4.55. The van der Waals surface area contributed by atoms with E-state index in [0.29, 0.717) is 6.04 Å². The Morgan fingerprint density at radius 1 is 1.60 bits per heavy atom. The Morgan fingerprint density at radius 2 is 2.47 bits per heavy atom. The van der Waals surface area contributed by atoms with Gasteiger partial charge in [0.15, 0.2) is 0 Å². The number of nitrogens with zero attached hydrogens (tertiary/aromatic N) is 2. The zero-order valence-electron chi connectivity index (χ0n) is 8.82. The lowest BCUT2D eigenvalue weighted by Gasteiger charge is -2.10. The second-order valence-corrected chi connectivity index (χ2v) is 4.42. The predicted octanol–water partition coefficient (Wildman–Crippen LogP) is 2.03. The van der Waals surface area contributed by atoms with Gasteiger partial charge < -0.3 is 5.32 Å². The molecular formula is C10H14N4S. The summed E-state index contributed by atoms with van der Waals surface area (Å²) in [5, 5.41) is 13.4. The first-order valence-corrected chi connectivity index (χ1v) is 5.77. The predicted molar refractivity (Wildman–Crippen MR) is 60.7 cm³/mol. The number of aromatic amines is 1. The van der Waals surface area contributed by atoms with Crippen molar-refractivity contribution in [2.45, 2.75) is 26.4 Å². The zero-order valence-corrected chi connectivity index (χ0v) is 9.64. The van der Waals surface area contributed by atoms with Crippen LogP contribution in [-0.4, -0.2) is 15.2 Å². The molecule has 80 valence electrons. The van der Waals surface area contributed by atoms with E-state index in [1.165, 1.54) is 5.56 Å². The maximum atomic E-state index is 4.27. The van der Waals surface area contributed by atoms with Crippen molar-refractivity contribution < 1.29 is 0 Å². The molecule has 2 aromatic heterocycles. The topological polar surface area (TPSA) is 53.6 Å². The van der Waals surface area contributed by atoms with Crippen molar-refractivity contribution in [2.75, 3.05) is 0 Å². The molecule has 0 aliphatic rings. The highest BCUT2D eigenvalue weighted by Gasteiger charge is 2.08. The molecule has 0 amide bonds. The number of nitrogens with one attached hydrogen (secondary N) is 2. The molecule has 0 saturated carbocycles. The van der Waals surface area contributed by atoms with Crippen molar-refractivity contribution in [1.82, 2.24) is 20.5 Å². The maximum Gasteiger partial charge on any atom is 0.109 e. The van der Waals surface area contributed by atoms with Gasteiger partial charge in [-0.25, -0.2) is 4.98 Å². The van der Waals surface area contributed by atoms with Gasteiger partial charge in [-0.3, -0.25) is 5.10 Å². The number of hydrogen-bond acceptors (Lipinski definition) is 4. The monoisotopic (exact) mass is 222 g/mol. The molecule has 0 aliphatic heterocycles. The molecule has 2 N–H and O–H groups in total. The molecule has 0 bridgehead atoms. The number of aryl methyl sites for hydroxylation is 1. The Kier molecular flexibility index (Phi) is 3.13. The van der Waals surface area contributed by atoms with Gasteiger partial charge in [-0.05, 0) is 13.8 Å². The molecule has 15 heavy (non-hydrogen) atoms. The average Bonchev–Trinajstić information content (AvgIpc) is 2.85. The standard InChI is InChI=1S/C10H14N4S/c1-7-9(6-13-14-7)5-12-8(2)10-11-3-4-15-10/h3-4,6,8,12H,5H2,1-2H3,(H,13,14). The van der Waals surface area contributed by atoms with Crippen LogP contribution in [0.15, 0.2) is 17.8 Å². The van der Waals surface area contributed by atoms with Gasteiger partial charge in [-0.15, -0.1) is 11.3 Å². The van der Waals surface area contributed by atoms with E-state index in [1.54, 1.807) is 11.3 Å². The first-order chi connectivity index (χ1) is 7.27. The molecule has 0 fully saturated rings. The summed E-state index contributed by atoms with van der Waals surface area (Å²) in [6.07, 6.45) is 3.69. The Balaban J connectivity index is 1.91. The van der Waals surface area contributed by atoms with Crippen LogP contribution in [0, 0.1) is 6.92 Å². The summed E-state index contributed by atoms with van der Waals surface area (Å²) in [5.74, 6) is 0. The van der Waals surface area contributed by atoms with Crippen LogP contribution in [0.3, 0.4) is 0 Å². The molecule has 2 heterocycles. The molecule has 0 saturated heterocycles. The van der Waals surface area contributed by atoms with E-state index in [1.807, 2.05) is 24.7 Å². The van der Waals surface area contributed by atoms with Crippen molar-refractivity contribution in [1.29, 1.82) is 0 Å². The van der Waals surface area contributed by atoms with Gasteiger partial charge in [0.05, 0.1) is 12.2 Å². The van der Waals surface area contributed by atoms with Crippen LogP contribution in [0.4, 0.5) is 0 Å². The minimum absolute atomic E-state index is 0.291. The van der Waals surface area contributed by atoms with Crippen LogP contribution in [0.1, 0.15) is 29.2 Å². The smallest absolute Gasteiger partial charge is 0.109 e. The number of thiazole rings is 1. The van der Waals surface area contributed by atoms with Gasteiger partial charge in [0.1, 0.15) is 5.01 Å². The third-order valence-corrected chi connectivity index (χ3v) is 3.31. The summed E-state index contributed by atoms with van der Waals surface area (Å²) in [7, 11) is 0. The average molecular weight is 222 g/mol. The molecule has 1 unspecified atom stereocenters. The Bertz CT molecular complexity index is 407. The van der Waals surface area contributed by atoms with Crippen LogP contribution in [0.25, 0.3) is 0 Å². The lowest BCUT2D eigenvalue weighted by molar-refractivity contribution is 0.570. The molecule has 2 aromatic rings. The van der Waals surface area contributed by atoms with Crippen molar-refractivity contribution in [3.05, 3.63) is 34.0 Å². The van der Waals surface area contributed by atoms with Crippen molar-refractivity contribution >= 4 is 11.3 Å². The van der Waals surface area contributed by atoms with Gasteiger partial charge in [0, 0.05) is 29.4 Å². The first-order valence-electron chi connectivity index (χ1n) is 4.89. The number of aromatic nitrogens is 3. The molecule has 4 nitrogen and oxygen atoms in total. The first kappa shape index (κ1) is 10.3. The van der Waals surface area contributed by atoms with Crippen LogP contribution in [0.5, 0.6) is 0 Å². The number of rotatable bonds is 4. The highest BCUT2D eigenvalue weighted by molar-refractivity contribution is 7.09. The molecule has 0 aliphatic carbocycles. The fourth-order valence-corrected chi connectivity index (χ4v) is 2.02. The van der Waals surface area contributed by atoms with E-state index in [0.717, 1.165) is 17.2 Å². The number of H-pyrrole nitrogens is 1. The van der Waals surface area contributed by atoms with Crippen LogP contribution < -0.4 is 5.32 Å². The normalized spacial score (nSPS) is 12.9. The van der Waals surface area contributed by atoms with Crippen LogP contribution >= 0.6 is 11.3 Å². The van der Waals surface area contributed by atoms with Gasteiger partial charge in [0.2, 0.25) is 0 Å². The SMILES string of the molecule is Cc1[nH]ncc1CNC(C)c1nccs1. The van der Waals surface area contributed by atoms with Crippen molar-refractivity contribution in [3.8, 4) is 0 Å².